The monoisotopic (exact) mass is 666 g/mol. The Hall–Kier alpha value is -3.66. The lowest BCUT2D eigenvalue weighted by Crippen LogP contribution is -2.55. The van der Waals surface area contributed by atoms with Crippen molar-refractivity contribution in [1.29, 1.82) is 0 Å². The van der Waals surface area contributed by atoms with Crippen molar-refractivity contribution in [3.63, 3.8) is 0 Å². The van der Waals surface area contributed by atoms with Gasteiger partial charge >= 0.3 is 6.18 Å². The first kappa shape index (κ1) is 34.2. The number of hydrogen-bond donors (Lipinski definition) is 1. The Kier molecular flexibility index (Phi) is 10.3. The Morgan fingerprint density at radius 1 is 0.979 bits per heavy atom. The lowest BCUT2D eigenvalue weighted by Gasteiger charge is -2.44. The van der Waals surface area contributed by atoms with E-state index in [2.05, 4.69) is 23.2 Å². The fourth-order valence-corrected chi connectivity index (χ4v) is 8.22. The minimum atomic E-state index is -4.27. The van der Waals surface area contributed by atoms with E-state index in [1.54, 1.807) is 24.0 Å². The van der Waals surface area contributed by atoms with Crippen LogP contribution < -0.4 is 10.2 Å². The second-order valence-electron chi connectivity index (χ2n) is 13.8. The van der Waals surface area contributed by atoms with E-state index in [9.17, 15) is 22.8 Å². The molecule has 3 saturated heterocycles. The Labute approximate surface area is 280 Å². The van der Waals surface area contributed by atoms with E-state index in [0.717, 1.165) is 43.6 Å². The summed E-state index contributed by atoms with van der Waals surface area (Å²) < 4.78 is 56.0. The number of likely N-dealkylation sites (tertiary alicyclic amines) is 2. The average Bonchev–Trinajstić information content (AvgIpc) is 3.78. The van der Waals surface area contributed by atoms with Gasteiger partial charge in [-0.2, -0.15) is 13.2 Å². The van der Waals surface area contributed by atoms with Crippen molar-refractivity contribution in [2.24, 2.45) is 11.8 Å². The highest BCUT2D eigenvalue weighted by molar-refractivity contribution is 5.98. The summed E-state index contributed by atoms with van der Waals surface area (Å²) in [6.07, 6.45) is 6.88. The molecule has 6 nitrogen and oxygen atoms in total. The predicted molar refractivity (Wildman–Crippen MR) is 181 cm³/mol. The smallest absolute Gasteiger partial charge is 0.371 e. The first-order chi connectivity index (χ1) is 23.0. The van der Waals surface area contributed by atoms with E-state index in [0.29, 0.717) is 50.0 Å². The molecule has 0 radical (unpaired) electrons. The number of carbonyl (C=O) groups is 2. The van der Waals surface area contributed by atoms with Gasteiger partial charge in [0.15, 0.2) is 0 Å². The Bertz CT molecular complexity index is 1540. The molecular weight excluding hydrogens is 620 g/mol. The third-order valence-corrected chi connectivity index (χ3v) is 10.7. The molecule has 6 rings (SSSR count). The normalized spacial score (nSPS) is 25.0. The summed E-state index contributed by atoms with van der Waals surface area (Å²) in [5, 5.41) is 3.16. The van der Waals surface area contributed by atoms with E-state index >= 15 is 4.39 Å². The zero-order chi connectivity index (χ0) is 34.0. The zero-order valence-corrected chi connectivity index (χ0v) is 27.9. The number of rotatable bonds is 8. The molecule has 4 aliphatic rings. The third-order valence-electron chi connectivity index (χ3n) is 10.7. The number of nitrogens with zero attached hydrogens (tertiary/aromatic N) is 3. The van der Waals surface area contributed by atoms with E-state index in [1.807, 2.05) is 30.4 Å². The van der Waals surface area contributed by atoms with Gasteiger partial charge in [0.05, 0.1) is 17.5 Å². The van der Waals surface area contributed by atoms with Gasteiger partial charge in [-0.1, -0.05) is 43.4 Å². The largest absolute Gasteiger partial charge is 0.404 e. The number of carbonyl (C=O) groups excluding carboxylic acids is 2. The molecular formula is C38H46F4N4O2. The number of amides is 2. The van der Waals surface area contributed by atoms with Crippen molar-refractivity contribution in [1.82, 2.24) is 9.80 Å². The molecule has 3 heterocycles. The van der Waals surface area contributed by atoms with Crippen LogP contribution in [0.3, 0.4) is 0 Å². The minimum Gasteiger partial charge on any atom is -0.371 e. The Balaban J connectivity index is 1.26. The molecule has 3 aliphatic heterocycles. The minimum absolute atomic E-state index is 0.0113. The Morgan fingerprint density at radius 2 is 1.75 bits per heavy atom. The molecule has 3 fully saturated rings. The van der Waals surface area contributed by atoms with E-state index < -0.39 is 35.9 Å². The lowest BCUT2D eigenvalue weighted by atomic mass is 9.77. The van der Waals surface area contributed by atoms with Gasteiger partial charge in [0.2, 0.25) is 5.91 Å². The number of nitrogens with one attached hydrogen (secondary N) is 1. The number of piperidine rings is 1. The molecule has 0 bridgehead atoms. The molecule has 0 spiro atoms. The quantitative estimate of drug-likeness (QED) is 0.294. The Morgan fingerprint density at radius 3 is 2.44 bits per heavy atom. The molecule has 3 unspecified atom stereocenters. The molecule has 258 valence electrons. The van der Waals surface area contributed by atoms with Crippen LogP contribution in [0.1, 0.15) is 73.4 Å². The molecule has 0 aromatic heterocycles. The summed E-state index contributed by atoms with van der Waals surface area (Å²) in [4.78, 5) is 33.8. The molecule has 10 heteroatoms. The number of halogens is 4. The van der Waals surface area contributed by atoms with Gasteiger partial charge in [0.1, 0.15) is 11.9 Å². The van der Waals surface area contributed by atoms with Crippen molar-refractivity contribution in [2.75, 3.05) is 42.9 Å². The van der Waals surface area contributed by atoms with Gasteiger partial charge < -0.3 is 15.1 Å². The summed E-state index contributed by atoms with van der Waals surface area (Å²) in [6.45, 7) is 6.78. The topological polar surface area (TPSA) is 55.9 Å². The molecule has 2 aromatic rings. The second kappa shape index (κ2) is 14.4. The fourth-order valence-electron chi connectivity index (χ4n) is 8.22. The number of benzene rings is 2. The highest BCUT2D eigenvalue weighted by Crippen LogP contribution is 2.38. The van der Waals surface area contributed by atoms with Crippen molar-refractivity contribution < 1.29 is 27.2 Å². The number of hydrogen-bond acceptors (Lipinski definition) is 4. The third kappa shape index (κ3) is 7.19. The first-order valence-electron chi connectivity index (χ1n) is 17.5. The number of alkyl halides is 3. The summed E-state index contributed by atoms with van der Waals surface area (Å²) in [6, 6.07) is 8.62. The van der Waals surface area contributed by atoms with Crippen LogP contribution in [0.5, 0.6) is 0 Å². The number of allylic oxidation sites excluding steroid dienone is 1. The SMILES string of the molecule is CCc1ccc(NC(=O)C2CCCN(C(=O)c3c(C)cccc3F)[C@H]2C2C=CC(CN3CCCC3C(F)(F)F)=CC2)cc1N1CCCC1. The fraction of sp³-hybridized carbons (Fsp3) is 0.526. The maximum Gasteiger partial charge on any atom is 0.404 e. The van der Waals surface area contributed by atoms with Gasteiger partial charge in [-0.3, -0.25) is 14.5 Å². The van der Waals surface area contributed by atoms with Crippen molar-refractivity contribution >= 4 is 23.2 Å². The highest BCUT2D eigenvalue weighted by Gasteiger charge is 2.46. The van der Waals surface area contributed by atoms with Crippen molar-refractivity contribution in [3.8, 4) is 0 Å². The standard InChI is InChI=1S/C38H46F4N4O2/c1-3-27-17-18-29(23-32(27)44-19-4-5-20-44)43-36(47)30-10-7-22-46(37(48)34-25(2)9-6-11-31(34)39)35(30)28-15-13-26(14-16-28)24-45-21-8-12-33(45)38(40,41)42/h6,9,11,13-15,17-18,23,28,30,33,35H,3-5,7-8,10,12,16,19-22,24H2,1-2H3,(H,43,47)/t28?,30?,33?,35-/m0/s1. The number of aryl methyl sites for hydroxylation is 2. The second-order valence-corrected chi connectivity index (χ2v) is 13.8. The summed E-state index contributed by atoms with van der Waals surface area (Å²) in [5.74, 6) is -2.05. The number of anilines is 2. The predicted octanol–water partition coefficient (Wildman–Crippen LogP) is 7.69. The van der Waals surface area contributed by atoms with E-state index in [-0.39, 0.29) is 30.4 Å². The molecule has 2 aromatic carbocycles. The van der Waals surface area contributed by atoms with Crippen LogP contribution in [0.2, 0.25) is 0 Å². The van der Waals surface area contributed by atoms with Crippen LogP contribution in [0, 0.1) is 24.6 Å². The first-order valence-corrected chi connectivity index (χ1v) is 17.5. The maximum absolute atomic E-state index is 15.1. The van der Waals surface area contributed by atoms with Crippen LogP contribution in [-0.4, -0.2) is 72.6 Å². The maximum atomic E-state index is 15.1. The van der Waals surface area contributed by atoms with Crippen LogP contribution in [0.15, 0.2) is 60.2 Å². The average molecular weight is 667 g/mol. The molecule has 2 amide bonds. The van der Waals surface area contributed by atoms with Crippen LogP contribution in [-0.2, 0) is 11.2 Å². The van der Waals surface area contributed by atoms with Crippen molar-refractivity contribution in [2.45, 2.75) is 83.5 Å². The highest BCUT2D eigenvalue weighted by atomic mass is 19.4. The van der Waals surface area contributed by atoms with Gasteiger partial charge in [-0.05, 0) is 99.7 Å². The summed E-state index contributed by atoms with van der Waals surface area (Å²) in [7, 11) is 0. The van der Waals surface area contributed by atoms with Gasteiger partial charge in [0, 0.05) is 43.5 Å². The summed E-state index contributed by atoms with van der Waals surface area (Å²) >= 11 is 0. The van der Waals surface area contributed by atoms with Gasteiger partial charge in [-0.15, -0.1) is 0 Å². The van der Waals surface area contributed by atoms with Crippen LogP contribution in [0.4, 0.5) is 28.9 Å². The molecule has 4 atom stereocenters. The van der Waals surface area contributed by atoms with Gasteiger partial charge in [-0.25, -0.2) is 4.39 Å². The van der Waals surface area contributed by atoms with Crippen molar-refractivity contribution in [3.05, 3.63) is 82.7 Å². The summed E-state index contributed by atoms with van der Waals surface area (Å²) in [5.41, 5.74) is 4.41. The van der Waals surface area contributed by atoms with Crippen LogP contribution >= 0.6 is 0 Å². The van der Waals surface area contributed by atoms with Gasteiger partial charge in [0.25, 0.3) is 5.91 Å². The molecule has 1 N–H and O–H groups in total. The zero-order valence-electron chi connectivity index (χ0n) is 27.9. The molecule has 48 heavy (non-hydrogen) atoms. The van der Waals surface area contributed by atoms with E-state index in [4.69, 9.17) is 0 Å². The van der Waals surface area contributed by atoms with Crippen LogP contribution in [0.25, 0.3) is 0 Å². The lowest BCUT2D eigenvalue weighted by molar-refractivity contribution is -0.174. The molecule has 0 saturated carbocycles. The van der Waals surface area contributed by atoms with E-state index in [1.165, 1.54) is 16.5 Å². The molecule has 1 aliphatic carbocycles.